The molecule has 3 nitrogen and oxygen atoms in total. The van der Waals surface area contributed by atoms with Gasteiger partial charge in [0.05, 0.1) is 0 Å². The molecule has 0 amide bonds. The maximum absolute atomic E-state index is 7.41. The molecular weight excluding hydrogens is 278 g/mol. The molecule has 1 aromatic carbocycles. The molecule has 1 unspecified atom stereocenters. The summed E-state index contributed by atoms with van der Waals surface area (Å²) in [5, 5.41) is 8.86. The second-order valence-electron chi connectivity index (χ2n) is 4.86. The number of nitrogens with zero attached hydrogens (tertiary/aromatic N) is 1. The number of amidine groups is 1. The van der Waals surface area contributed by atoms with Gasteiger partial charge in [-0.05, 0) is 18.1 Å². The van der Waals surface area contributed by atoms with Gasteiger partial charge in [-0.3, -0.25) is 10.3 Å². The van der Waals surface area contributed by atoms with Gasteiger partial charge in [-0.25, -0.2) is 0 Å². The molecule has 1 aliphatic rings. The summed E-state index contributed by atoms with van der Waals surface area (Å²) in [5.74, 6) is 1.26. The predicted molar refractivity (Wildman–Crippen MR) is 84.3 cm³/mol. The van der Waals surface area contributed by atoms with Crippen LogP contribution in [0, 0.1) is 5.41 Å². The third-order valence-corrected chi connectivity index (χ3v) is 5.16. The predicted octanol–water partition coefficient (Wildman–Crippen LogP) is 2.95. The quantitative estimate of drug-likeness (QED) is 0.663. The highest BCUT2D eigenvalue weighted by molar-refractivity contribution is 8.00. The van der Waals surface area contributed by atoms with Crippen molar-refractivity contribution < 1.29 is 0 Å². The lowest BCUT2D eigenvalue weighted by atomic mass is 10.1. The van der Waals surface area contributed by atoms with Gasteiger partial charge in [0, 0.05) is 41.2 Å². The van der Waals surface area contributed by atoms with E-state index in [9.17, 15) is 0 Å². The van der Waals surface area contributed by atoms with E-state index in [1.165, 1.54) is 12.2 Å². The number of nitrogens with two attached hydrogens (primary N) is 1. The lowest BCUT2D eigenvalue weighted by molar-refractivity contribution is 0.273. The maximum Gasteiger partial charge on any atom is 0.122 e. The molecule has 0 bridgehead atoms. The van der Waals surface area contributed by atoms with Crippen LogP contribution in [0.5, 0.6) is 0 Å². The van der Waals surface area contributed by atoms with Crippen LogP contribution in [0.1, 0.15) is 24.5 Å². The summed E-state index contributed by atoms with van der Waals surface area (Å²) in [6, 6.07) is 5.65. The van der Waals surface area contributed by atoms with Crippen LogP contribution in [0.2, 0.25) is 5.02 Å². The van der Waals surface area contributed by atoms with E-state index in [0.29, 0.717) is 10.6 Å². The smallest absolute Gasteiger partial charge is 0.122 e. The van der Waals surface area contributed by atoms with E-state index in [4.69, 9.17) is 22.7 Å². The standard InChI is InChI=1S/C14H20ClN3S/c1-2-12-9-18(5-6-19-12)8-11-4-3-10(14(16)17)7-13(11)15/h3-4,7,12H,2,5-6,8-9H2,1H3,(H3,16,17). The van der Waals surface area contributed by atoms with Crippen LogP contribution in [-0.2, 0) is 6.54 Å². The number of nitrogen functional groups attached to an aromatic ring is 1. The largest absolute Gasteiger partial charge is 0.384 e. The molecule has 1 aromatic rings. The number of nitrogens with one attached hydrogen (secondary N) is 1. The number of halogens is 1. The lowest BCUT2D eigenvalue weighted by Gasteiger charge is -2.32. The number of hydrogen-bond acceptors (Lipinski definition) is 3. The molecule has 1 heterocycles. The van der Waals surface area contributed by atoms with Gasteiger partial charge >= 0.3 is 0 Å². The second kappa shape index (κ2) is 6.64. The molecule has 1 saturated heterocycles. The zero-order valence-corrected chi connectivity index (χ0v) is 12.7. The van der Waals surface area contributed by atoms with E-state index in [0.717, 1.165) is 30.4 Å². The molecule has 0 radical (unpaired) electrons. The first kappa shape index (κ1) is 14.7. The summed E-state index contributed by atoms with van der Waals surface area (Å²) in [6.45, 7) is 5.38. The molecular formula is C14H20ClN3S. The highest BCUT2D eigenvalue weighted by Gasteiger charge is 2.19. The highest BCUT2D eigenvalue weighted by atomic mass is 35.5. The van der Waals surface area contributed by atoms with Gasteiger partial charge < -0.3 is 5.73 Å². The molecule has 19 heavy (non-hydrogen) atoms. The third kappa shape index (κ3) is 3.88. The Morgan fingerprint density at radius 2 is 2.37 bits per heavy atom. The van der Waals surface area contributed by atoms with Gasteiger partial charge in [-0.2, -0.15) is 11.8 Å². The van der Waals surface area contributed by atoms with Crippen LogP contribution in [0.4, 0.5) is 0 Å². The Balaban J connectivity index is 2.04. The fourth-order valence-corrected chi connectivity index (χ4v) is 3.74. The molecule has 3 N–H and O–H groups in total. The minimum Gasteiger partial charge on any atom is -0.384 e. The van der Waals surface area contributed by atoms with Crippen LogP contribution < -0.4 is 5.73 Å². The minimum atomic E-state index is 0.0638. The van der Waals surface area contributed by atoms with Gasteiger partial charge in [-0.15, -0.1) is 0 Å². The number of benzene rings is 1. The van der Waals surface area contributed by atoms with Crippen molar-refractivity contribution in [2.24, 2.45) is 5.73 Å². The van der Waals surface area contributed by atoms with E-state index in [1.807, 2.05) is 12.1 Å². The summed E-state index contributed by atoms with van der Waals surface area (Å²) >= 11 is 8.35. The normalized spacial score (nSPS) is 20.4. The summed E-state index contributed by atoms with van der Waals surface area (Å²) in [4.78, 5) is 2.46. The molecule has 5 heteroatoms. The lowest BCUT2D eigenvalue weighted by Crippen LogP contribution is -2.37. The number of hydrogen-bond donors (Lipinski definition) is 2. The van der Waals surface area contributed by atoms with Crippen molar-refractivity contribution in [2.75, 3.05) is 18.8 Å². The van der Waals surface area contributed by atoms with Crippen molar-refractivity contribution in [3.05, 3.63) is 34.3 Å². The van der Waals surface area contributed by atoms with Gasteiger partial charge in [0.25, 0.3) is 0 Å². The van der Waals surface area contributed by atoms with Crippen LogP contribution in [0.25, 0.3) is 0 Å². The third-order valence-electron chi connectivity index (χ3n) is 3.44. The Morgan fingerprint density at radius 3 is 3.00 bits per heavy atom. The SMILES string of the molecule is CCC1CN(Cc2ccc(C(=N)N)cc2Cl)CCS1. The first-order valence-corrected chi connectivity index (χ1v) is 7.99. The van der Waals surface area contributed by atoms with Gasteiger partial charge in [0.15, 0.2) is 0 Å². The summed E-state index contributed by atoms with van der Waals surface area (Å²) in [7, 11) is 0. The van der Waals surface area contributed by atoms with Crippen molar-refractivity contribution in [1.29, 1.82) is 5.41 Å². The Labute approximate surface area is 124 Å². The topological polar surface area (TPSA) is 53.1 Å². The van der Waals surface area contributed by atoms with E-state index >= 15 is 0 Å². The second-order valence-corrected chi connectivity index (χ2v) is 6.67. The van der Waals surface area contributed by atoms with Crippen molar-refractivity contribution in [3.63, 3.8) is 0 Å². The van der Waals surface area contributed by atoms with Crippen LogP contribution in [0.3, 0.4) is 0 Å². The minimum absolute atomic E-state index is 0.0638. The van der Waals surface area contributed by atoms with Crippen molar-refractivity contribution in [3.8, 4) is 0 Å². The first-order valence-electron chi connectivity index (χ1n) is 6.57. The van der Waals surface area contributed by atoms with E-state index in [-0.39, 0.29) is 5.84 Å². The van der Waals surface area contributed by atoms with E-state index in [2.05, 4.69) is 23.6 Å². The molecule has 104 valence electrons. The van der Waals surface area contributed by atoms with E-state index in [1.54, 1.807) is 6.07 Å². The molecule has 2 rings (SSSR count). The Kier molecular flexibility index (Phi) is 5.13. The van der Waals surface area contributed by atoms with Crippen molar-refractivity contribution in [1.82, 2.24) is 4.90 Å². The van der Waals surface area contributed by atoms with Crippen LogP contribution in [-0.4, -0.2) is 34.8 Å². The fourth-order valence-electron chi connectivity index (χ4n) is 2.25. The van der Waals surface area contributed by atoms with Crippen molar-refractivity contribution in [2.45, 2.75) is 25.1 Å². The fraction of sp³-hybridized carbons (Fsp3) is 0.500. The molecule has 1 atom stereocenters. The summed E-state index contributed by atoms with van der Waals surface area (Å²) < 4.78 is 0. The summed E-state index contributed by atoms with van der Waals surface area (Å²) in [5.41, 5.74) is 7.27. The number of rotatable bonds is 4. The monoisotopic (exact) mass is 297 g/mol. The molecule has 0 saturated carbocycles. The molecule has 1 fully saturated rings. The Bertz CT molecular complexity index is 464. The molecule has 0 aliphatic carbocycles. The average molecular weight is 298 g/mol. The first-order chi connectivity index (χ1) is 9.10. The van der Waals surface area contributed by atoms with Gasteiger partial charge in [0.2, 0.25) is 0 Å². The molecule has 0 spiro atoms. The van der Waals surface area contributed by atoms with Crippen molar-refractivity contribution >= 4 is 29.2 Å². The van der Waals surface area contributed by atoms with Gasteiger partial charge in [-0.1, -0.05) is 30.7 Å². The zero-order chi connectivity index (χ0) is 13.8. The molecule has 0 aromatic heterocycles. The van der Waals surface area contributed by atoms with Crippen LogP contribution >= 0.6 is 23.4 Å². The van der Waals surface area contributed by atoms with Gasteiger partial charge in [0.1, 0.15) is 5.84 Å². The maximum atomic E-state index is 7.41. The zero-order valence-electron chi connectivity index (χ0n) is 11.2. The average Bonchev–Trinajstić information content (AvgIpc) is 2.41. The Morgan fingerprint density at radius 1 is 1.58 bits per heavy atom. The highest BCUT2D eigenvalue weighted by Crippen LogP contribution is 2.25. The molecule has 1 aliphatic heterocycles. The summed E-state index contributed by atoms with van der Waals surface area (Å²) in [6.07, 6.45) is 1.22. The number of thioether (sulfide) groups is 1. The van der Waals surface area contributed by atoms with E-state index < -0.39 is 0 Å². The van der Waals surface area contributed by atoms with Crippen LogP contribution in [0.15, 0.2) is 18.2 Å². The Hall–Kier alpha value is -0.710.